The van der Waals surface area contributed by atoms with Crippen LogP contribution in [0.25, 0.3) is 0 Å². The van der Waals surface area contributed by atoms with E-state index in [-0.39, 0.29) is 0 Å². The molecule has 1 aliphatic rings. The van der Waals surface area contributed by atoms with Gasteiger partial charge in [0.25, 0.3) is 0 Å². The lowest BCUT2D eigenvalue weighted by Crippen LogP contribution is -2.34. The van der Waals surface area contributed by atoms with Crippen molar-refractivity contribution in [2.24, 2.45) is 5.92 Å². The summed E-state index contributed by atoms with van der Waals surface area (Å²) in [5, 5.41) is 15.3. The molecule has 0 radical (unpaired) electrons. The fourth-order valence-corrected chi connectivity index (χ4v) is 3.14. The maximum absolute atomic E-state index is 10.6. The zero-order valence-corrected chi connectivity index (χ0v) is 11.9. The smallest absolute Gasteiger partial charge is 0.0729 e. The van der Waals surface area contributed by atoms with Crippen molar-refractivity contribution in [2.45, 2.75) is 70.9 Å². The van der Waals surface area contributed by atoms with Crippen LogP contribution in [0.1, 0.15) is 64.6 Å². The lowest BCUT2D eigenvalue weighted by Gasteiger charge is -2.26. The van der Waals surface area contributed by atoms with E-state index in [0.29, 0.717) is 18.4 Å². The number of hydrogen-bond acceptors (Lipinski definition) is 2. The summed E-state index contributed by atoms with van der Waals surface area (Å²) < 4.78 is 2.07. The van der Waals surface area contributed by atoms with Gasteiger partial charge in [0.15, 0.2) is 0 Å². The van der Waals surface area contributed by atoms with Crippen molar-refractivity contribution in [3.05, 3.63) is 18.0 Å². The first-order chi connectivity index (χ1) is 8.59. The fourth-order valence-electron chi connectivity index (χ4n) is 3.14. The highest BCUT2D eigenvalue weighted by molar-refractivity contribution is 5.07. The van der Waals surface area contributed by atoms with Crippen molar-refractivity contribution in [2.75, 3.05) is 0 Å². The second-order valence-electron chi connectivity index (χ2n) is 5.83. The molecule has 1 aliphatic carbocycles. The first-order valence-corrected chi connectivity index (χ1v) is 7.35. The molecule has 3 nitrogen and oxygen atoms in total. The number of nitrogens with zero attached hydrogens (tertiary/aromatic N) is 2. The molecular weight excluding hydrogens is 224 g/mol. The first kappa shape index (κ1) is 13.6. The summed E-state index contributed by atoms with van der Waals surface area (Å²) >= 11 is 0. The highest BCUT2D eigenvalue weighted by atomic mass is 16.3. The van der Waals surface area contributed by atoms with Crippen molar-refractivity contribution in [3.8, 4) is 0 Å². The average molecular weight is 250 g/mol. The quantitative estimate of drug-likeness (QED) is 0.870. The van der Waals surface area contributed by atoms with Gasteiger partial charge in [-0.15, -0.1) is 0 Å². The van der Waals surface area contributed by atoms with Crippen LogP contribution in [-0.4, -0.2) is 20.5 Å². The molecule has 1 aromatic heterocycles. The molecule has 0 aromatic carbocycles. The highest BCUT2D eigenvalue weighted by Gasteiger charge is 2.38. The molecule has 1 aromatic rings. The van der Waals surface area contributed by atoms with Crippen LogP contribution in [0.4, 0.5) is 0 Å². The molecule has 2 rings (SSSR count). The third-order valence-electron chi connectivity index (χ3n) is 4.63. The highest BCUT2D eigenvalue weighted by Crippen LogP contribution is 2.37. The van der Waals surface area contributed by atoms with Crippen molar-refractivity contribution < 1.29 is 5.11 Å². The Morgan fingerprint density at radius 3 is 2.78 bits per heavy atom. The van der Waals surface area contributed by atoms with Crippen LogP contribution in [-0.2, 0) is 6.42 Å². The van der Waals surface area contributed by atoms with E-state index in [4.69, 9.17) is 0 Å². The number of aliphatic hydroxyl groups is 1. The summed E-state index contributed by atoms with van der Waals surface area (Å²) in [6.45, 7) is 6.55. The maximum atomic E-state index is 10.6. The van der Waals surface area contributed by atoms with Gasteiger partial charge >= 0.3 is 0 Å². The fraction of sp³-hybridized carbons (Fsp3) is 0.800. The predicted octanol–water partition coefficient (Wildman–Crippen LogP) is 3.34. The molecule has 2 unspecified atom stereocenters. The zero-order chi connectivity index (χ0) is 13.2. The van der Waals surface area contributed by atoms with E-state index in [0.717, 1.165) is 37.8 Å². The van der Waals surface area contributed by atoms with Gasteiger partial charge < -0.3 is 5.11 Å². The predicted molar refractivity (Wildman–Crippen MR) is 73.5 cm³/mol. The van der Waals surface area contributed by atoms with E-state index in [1.165, 1.54) is 0 Å². The van der Waals surface area contributed by atoms with E-state index in [2.05, 4.69) is 42.8 Å². The van der Waals surface area contributed by atoms with Crippen LogP contribution in [0.3, 0.4) is 0 Å². The second-order valence-corrected chi connectivity index (χ2v) is 5.83. The van der Waals surface area contributed by atoms with Gasteiger partial charge in [-0.05, 0) is 37.7 Å². The molecule has 0 amide bonds. The van der Waals surface area contributed by atoms with Crippen molar-refractivity contribution in [3.63, 3.8) is 0 Å². The van der Waals surface area contributed by atoms with Gasteiger partial charge in [-0.1, -0.05) is 27.2 Å². The Morgan fingerprint density at radius 2 is 2.22 bits per heavy atom. The summed E-state index contributed by atoms with van der Waals surface area (Å²) in [6, 6.07) is 2.57. The van der Waals surface area contributed by atoms with Crippen molar-refractivity contribution >= 4 is 0 Å². The maximum Gasteiger partial charge on any atom is 0.0729 e. The van der Waals surface area contributed by atoms with Gasteiger partial charge in [0.1, 0.15) is 0 Å². The van der Waals surface area contributed by atoms with Crippen LogP contribution >= 0.6 is 0 Å². The van der Waals surface area contributed by atoms with Gasteiger partial charge in [0.2, 0.25) is 0 Å². The second kappa shape index (κ2) is 5.43. The zero-order valence-electron chi connectivity index (χ0n) is 11.9. The Bertz CT molecular complexity index is 384. The molecule has 0 bridgehead atoms. The molecule has 1 heterocycles. The Balaban J connectivity index is 2.06. The van der Waals surface area contributed by atoms with E-state index < -0.39 is 5.60 Å². The summed E-state index contributed by atoms with van der Waals surface area (Å²) in [5.41, 5.74) is 0.519. The topological polar surface area (TPSA) is 38.0 Å². The Kier molecular flexibility index (Phi) is 4.10. The normalized spacial score (nSPS) is 28.2. The number of aromatic nitrogens is 2. The van der Waals surface area contributed by atoms with Crippen molar-refractivity contribution in [1.29, 1.82) is 0 Å². The Hall–Kier alpha value is -0.830. The minimum absolute atomic E-state index is 0.399. The van der Waals surface area contributed by atoms with E-state index in [1.54, 1.807) is 0 Å². The van der Waals surface area contributed by atoms with Crippen LogP contribution in [0, 0.1) is 5.92 Å². The van der Waals surface area contributed by atoms with Gasteiger partial charge in [0.05, 0.1) is 17.3 Å². The minimum Gasteiger partial charge on any atom is -0.389 e. The van der Waals surface area contributed by atoms with Crippen LogP contribution in [0.2, 0.25) is 0 Å². The van der Waals surface area contributed by atoms with Gasteiger partial charge in [-0.25, -0.2) is 0 Å². The monoisotopic (exact) mass is 250 g/mol. The molecule has 0 spiro atoms. The molecule has 1 saturated carbocycles. The molecule has 3 heteroatoms. The van der Waals surface area contributed by atoms with E-state index in [9.17, 15) is 5.11 Å². The molecule has 1 N–H and O–H groups in total. The Labute approximate surface area is 110 Å². The molecule has 1 fully saturated rings. The molecule has 2 atom stereocenters. The molecule has 18 heavy (non-hydrogen) atoms. The summed E-state index contributed by atoms with van der Waals surface area (Å²) in [5.74, 6) is 0.399. The van der Waals surface area contributed by atoms with E-state index >= 15 is 0 Å². The van der Waals surface area contributed by atoms with Crippen molar-refractivity contribution in [1.82, 2.24) is 9.78 Å². The summed E-state index contributed by atoms with van der Waals surface area (Å²) in [4.78, 5) is 0. The Morgan fingerprint density at radius 1 is 1.50 bits per heavy atom. The third kappa shape index (κ3) is 2.61. The molecule has 0 saturated heterocycles. The summed E-state index contributed by atoms with van der Waals surface area (Å²) in [6.07, 6.45) is 8.20. The minimum atomic E-state index is -0.521. The van der Waals surface area contributed by atoms with Gasteiger partial charge in [-0.3, -0.25) is 4.68 Å². The molecular formula is C15H26N2O. The third-order valence-corrected chi connectivity index (χ3v) is 4.63. The van der Waals surface area contributed by atoms with Crippen LogP contribution in [0.5, 0.6) is 0 Å². The van der Waals surface area contributed by atoms with Gasteiger partial charge in [-0.2, -0.15) is 5.10 Å². The SMILES string of the molecule is CCC(CC)n1ccc(CC2(O)CCCC2C)n1. The average Bonchev–Trinajstić information content (AvgIpc) is 2.90. The lowest BCUT2D eigenvalue weighted by molar-refractivity contribution is 0.00856. The first-order valence-electron chi connectivity index (χ1n) is 7.35. The lowest BCUT2D eigenvalue weighted by atomic mass is 9.88. The van der Waals surface area contributed by atoms with Crippen LogP contribution in [0.15, 0.2) is 12.3 Å². The van der Waals surface area contributed by atoms with Gasteiger partial charge in [0, 0.05) is 12.6 Å². The molecule has 0 aliphatic heterocycles. The van der Waals surface area contributed by atoms with E-state index in [1.807, 2.05) is 0 Å². The van der Waals surface area contributed by atoms with Crippen LogP contribution < -0.4 is 0 Å². The number of rotatable bonds is 5. The largest absolute Gasteiger partial charge is 0.389 e. The molecule has 102 valence electrons. The standard InChI is InChI=1S/C15H26N2O/c1-4-14(5-2)17-10-8-13(16-17)11-15(18)9-6-7-12(15)3/h8,10,12,14,18H,4-7,9,11H2,1-3H3. The summed E-state index contributed by atoms with van der Waals surface area (Å²) in [7, 11) is 0. The number of hydrogen-bond donors (Lipinski definition) is 1.